The summed E-state index contributed by atoms with van der Waals surface area (Å²) in [5.74, 6) is 0.902. The summed E-state index contributed by atoms with van der Waals surface area (Å²) in [6.07, 6.45) is 8.47. The average Bonchev–Trinajstić information content (AvgIpc) is 2.44. The van der Waals surface area contributed by atoms with E-state index >= 15 is 0 Å². The summed E-state index contributed by atoms with van der Waals surface area (Å²) >= 11 is 0. The van der Waals surface area contributed by atoms with Gasteiger partial charge in [-0.25, -0.2) is 0 Å². The first kappa shape index (κ1) is 15.3. The number of piperazine rings is 1. The molecule has 0 spiro atoms. The van der Waals surface area contributed by atoms with Crippen molar-refractivity contribution < 1.29 is 0 Å². The van der Waals surface area contributed by atoms with Gasteiger partial charge in [0.15, 0.2) is 0 Å². The molecule has 1 saturated heterocycles. The van der Waals surface area contributed by atoms with Crippen LogP contribution >= 0.6 is 0 Å². The number of nitrogens with one attached hydrogen (secondary N) is 1. The zero-order valence-corrected chi connectivity index (χ0v) is 13.2. The Balaban J connectivity index is 2.01. The zero-order valence-electron chi connectivity index (χ0n) is 13.2. The van der Waals surface area contributed by atoms with Crippen molar-refractivity contribution in [2.24, 2.45) is 5.92 Å². The highest BCUT2D eigenvalue weighted by atomic mass is 15.3. The van der Waals surface area contributed by atoms with Crippen molar-refractivity contribution >= 4 is 0 Å². The van der Waals surface area contributed by atoms with E-state index < -0.39 is 0 Å². The van der Waals surface area contributed by atoms with Gasteiger partial charge in [-0.15, -0.1) is 0 Å². The second kappa shape index (κ2) is 7.61. The van der Waals surface area contributed by atoms with Crippen molar-refractivity contribution in [1.29, 1.82) is 0 Å². The molecular weight excluding hydrogens is 234 g/mol. The summed E-state index contributed by atoms with van der Waals surface area (Å²) in [6.45, 7) is 7.13. The topological polar surface area (TPSA) is 18.5 Å². The van der Waals surface area contributed by atoms with E-state index in [1.807, 2.05) is 0 Å². The molecule has 1 aliphatic heterocycles. The van der Waals surface area contributed by atoms with Gasteiger partial charge in [-0.3, -0.25) is 4.90 Å². The number of hydrogen-bond acceptors (Lipinski definition) is 3. The van der Waals surface area contributed by atoms with E-state index in [0.29, 0.717) is 12.1 Å². The molecule has 3 nitrogen and oxygen atoms in total. The van der Waals surface area contributed by atoms with E-state index in [4.69, 9.17) is 0 Å². The van der Waals surface area contributed by atoms with Gasteiger partial charge in [0.1, 0.15) is 0 Å². The molecular formula is C16H33N3. The highest BCUT2D eigenvalue weighted by molar-refractivity contribution is 4.93. The number of nitrogens with zero attached hydrogens (tertiary/aromatic N) is 2. The molecule has 1 heterocycles. The van der Waals surface area contributed by atoms with Gasteiger partial charge in [-0.2, -0.15) is 0 Å². The lowest BCUT2D eigenvalue weighted by Gasteiger charge is -2.45. The molecule has 0 radical (unpaired) electrons. The van der Waals surface area contributed by atoms with Crippen LogP contribution in [0.3, 0.4) is 0 Å². The Morgan fingerprint density at radius 3 is 2.53 bits per heavy atom. The Labute approximate surface area is 119 Å². The number of hydrogen-bond donors (Lipinski definition) is 1. The number of likely N-dealkylation sites (N-methyl/N-ethyl adjacent to an activating group) is 2. The summed E-state index contributed by atoms with van der Waals surface area (Å²) in [7, 11) is 4.60. The summed E-state index contributed by atoms with van der Waals surface area (Å²) < 4.78 is 0. The van der Waals surface area contributed by atoms with E-state index in [9.17, 15) is 0 Å². The third-order valence-corrected chi connectivity index (χ3v) is 5.10. The second-order valence-corrected chi connectivity index (χ2v) is 6.69. The predicted molar refractivity (Wildman–Crippen MR) is 82.6 cm³/mol. The molecule has 0 aromatic rings. The van der Waals surface area contributed by atoms with Crippen LogP contribution in [-0.2, 0) is 0 Å². The van der Waals surface area contributed by atoms with Crippen molar-refractivity contribution in [3.05, 3.63) is 0 Å². The fraction of sp³-hybridized carbons (Fsp3) is 1.00. The van der Waals surface area contributed by atoms with Crippen molar-refractivity contribution in [3.8, 4) is 0 Å². The van der Waals surface area contributed by atoms with Crippen LogP contribution in [0, 0.1) is 5.92 Å². The van der Waals surface area contributed by atoms with Crippen LogP contribution < -0.4 is 5.32 Å². The van der Waals surface area contributed by atoms with Crippen LogP contribution in [0.25, 0.3) is 0 Å². The SMILES string of the molecule is CCCNC(C1CCCCC1)C1CN(C)CCN1C. The minimum Gasteiger partial charge on any atom is -0.312 e. The monoisotopic (exact) mass is 267 g/mol. The smallest absolute Gasteiger partial charge is 0.0376 e. The summed E-state index contributed by atoms with van der Waals surface area (Å²) in [5.41, 5.74) is 0. The van der Waals surface area contributed by atoms with E-state index in [0.717, 1.165) is 5.92 Å². The lowest BCUT2D eigenvalue weighted by Crippen LogP contribution is -2.61. The van der Waals surface area contributed by atoms with E-state index in [1.54, 1.807) is 0 Å². The van der Waals surface area contributed by atoms with E-state index in [1.165, 1.54) is 64.7 Å². The molecule has 0 amide bonds. The molecule has 2 atom stereocenters. The molecule has 0 aromatic heterocycles. The first-order valence-electron chi connectivity index (χ1n) is 8.34. The van der Waals surface area contributed by atoms with Gasteiger partial charge in [0, 0.05) is 31.7 Å². The Morgan fingerprint density at radius 2 is 1.84 bits per heavy atom. The highest BCUT2D eigenvalue weighted by Gasteiger charge is 2.34. The molecule has 2 unspecified atom stereocenters. The normalized spacial score (nSPS) is 29.5. The Morgan fingerprint density at radius 1 is 1.11 bits per heavy atom. The average molecular weight is 267 g/mol. The molecule has 0 bridgehead atoms. The fourth-order valence-electron chi connectivity index (χ4n) is 3.85. The van der Waals surface area contributed by atoms with Crippen LogP contribution in [0.4, 0.5) is 0 Å². The van der Waals surface area contributed by atoms with Crippen LogP contribution in [0.1, 0.15) is 45.4 Å². The molecule has 1 N–H and O–H groups in total. The minimum absolute atomic E-state index is 0.702. The maximum absolute atomic E-state index is 3.89. The minimum atomic E-state index is 0.702. The molecule has 0 aromatic carbocycles. The molecule has 3 heteroatoms. The Kier molecular flexibility index (Phi) is 6.11. The quantitative estimate of drug-likeness (QED) is 0.824. The van der Waals surface area contributed by atoms with Gasteiger partial charge < -0.3 is 10.2 Å². The van der Waals surface area contributed by atoms with Gasteiger partial charge >= 0.3 is 0 Å². The largest absolute Gasteiger partial charge is 0.312 e. The van der Waals surface area contributed by atoms with Crippen molar-refractivity contribution in [3.63, 3.8) is 0 Å². The van der Waals surface area contributed by atoms with Gasteiger partial charge in [-0.1, -0.05) is 26.2 Å². The van der Waals surface area contributed by atoms with Crippen LogP contribution in [0.15, 0.2) is 0 Å². The first-order valence-corrected chi connectivity index (χ1v) is 8.34. The second-order valence-electron chi connectivity index (χ2n) is 6.69. The molecule has 1 aliphatic carbocycles. The summed E-state index contributed by atoms with van der Waals surface area (Å²) in [5, 5.41) is 3.89. The van der Waals surface area contributed by atoms with Gasteiger partial charge in [0.05, 0.1) is 0 Å². The molecule has 1 saturated carbocycles. The lowest BCUT2D eigenvalue weighted by molar-refractivity contribution is 0.0620. The molecule has 19 heavy (non-hydrogen) atoms. The number of rotatable bonds is 5. The standard InChI is InChI=1S/C16H33N3/c1-4-10-17-16(14-8-6-5-7-9-14)15-13-18(2)11-12-19(15)3/h14-17H,4-13H2,1-3H3. The van der Waals surface area contributed by atoms with Crippen molar-refractivity contribution in [2.75, 3.05) is 40.3 Å². The zero-order chi connectivity index (χ0) is 13.7. The van der Waals surface area contributed by atoms with Crippen LogP contribution in [-0.4, -0.2) is 62.2 Å². The van der Waals surface area contributed by atoms with Gasteiger partial charge in [-0.05, 0) is 45.8 Å². The Bertz CT molecular complexity index is 250. The predicted octanol–water partition coefficient (Wildman–Crippen LogP) is 2.18. The van der Waals surface area contributed by atoms with Gasteiger partial charge in [0.25, 0.3) is 0 Å². The highest BCUT2D eigenvalue weighted by Crippen LogP contribution is 2.29. The van der Waals surface area contributed by atoms with Crippen LogP contribution in [0.2, 0.25) is 0 Å². The van der Waals surface area contributed by atoms with Crippen molar-refractivity contribution in [1.82, 2.24) is 15.1 Å². The van der Waals surface area contributed by atoms with Crippen molar-refractivity contribution in [2.45, 2.75) is 57.5 Å². The third kappa shape index (κ3) is 4.17. The molecule has 2 fully saturated rings. The van der Waals surface area contributed by atoms with Crippen LogP contribution in [0.5, 0.6) is 0 Å². The van der Waals surface area contributed by atoms with E-state index in [2.05, 4.69) is 36.1 Å². The fourth-order valence-corrected chi connectivity index (χ4v) is 3.85. The van der Waals surface area contributed by atoms with E-state index in [-0.39, 0.29) is 0 Å². The first-order chi connectivity index (χ1) is 9.22. The lowest BCUT2D eigenvalue weighted by atomic mass is 9.80. The summed E-state index contributed by atoms with van der Waals surface area (Å²) in [6, 6.07) is 1.40. The van der Waals surface area contributed by atoms with Gasteiger partial charge in [0.2, 0.25) is 0 Å². The molecule has 112 valence electrons. The maximum atomic E-state index is 3.89. The third-order valence-electron chi connectivity index (χ3n) is 5.10. The molecule has 2 rings (SSSR count). The molecule has 2 aliphatic rings. The maximum Gasteiger partial charge on any atom is 0.0376 e. The Hall–Kier alpha value is -0.120. The summed E-state index contributed by atoms with van der Waals surface area (Å²) in [4.78, 5) is 5.11.